The van der Waals surface area contributed by atoms with E-state index >= 15 is 0 Å². The van der Waals surface area contributed by atoms with Crippen LogP contribution in [0, 0.1) is 0 Å². The van der Waals surface area contributed by atoms with Crippen molar-refractivity contribution in [3.05, 3.63) is 35.2 Å². The lowest BCUT2D eigenvalue weighted by Gasteiger charge is -2.36. The molecule has 0 bridgehead atoms. The highest BCUT2D eigenvalue weighted by Crippen LogP contribution is 2.31. The zero-order valence-electron chi connectivity index (χ0n) is 12.6. The van der Waals surface area contributed by atoms with E-state index in [1.54, 1.807) is 11.3 Å². The van der Waals surface area contributed by atoms with E-state index in [9.17, 15) is 5.11 Å². The molecular formula is C17H24O2S. The molecule has 0 spiro atoms. The molecule has 1 aromatic carbocycles. The Bertz CT molecular complexity index is 543. The van der Waals surface area contributed by atoms with Crippen LogP contribution in [0.15, 0.2) is 29.6 Å². The van der Waals surface area contributed by atoms with Crippen molar-refractivity contribution in [2.24, 2.45) is 0 Å². The average molecular weight is 292 g/mol. The minimum absolute atomic E-state index is 0.419. The maximum Gasteiger partial charge on any atom is 0.0938 e. The van der Waals surface area contributed by atoms with E-state index in [4.69, 9.17) is 4.74 Å². The Hall–Kier alpha value is -0.900. The van der Waals surface area contributed by atoms with Gasteiger partial charge in [-0.05, 0) is 42.2 Å². The summed E-state index contributed by atoms with van der Waals surface area (Å²) < 4.78 is 7.19. The van der Waals surface area contributed by atoms with Crippen LogP contribution in [0.2, 0.25) is 0 Å². The van der Waals surface area contributed by atoms with Crippen LogP contribution in [0.1, 0.15) is 39.2 Å². The van der Waals surface area contributed by atoms with Gasteiger partial charge in [0.1, 0.15) is 0 Å². The van der Waals surface area contributed by atoms with Gasteiger partial charge in [-0.15, -0.1) is 11.3 Å². The van der Waals surface area contributed by atoms with Crippen molar-refractivity contribution in [2.45, 2.75) is 51.7 Å². The fourth-order valence-electron chi connectivity index (χ4n) is 2.89. The van der Waals surface area contributed by atoms with Gasteiger partial charge in [0, 0.05) is 17.7 Å². The van der Waals surface area contributed by atoms with Crippen LogP contribution in [0.3, 0.4) is 0 Å². The second-order valence-electron chi connectivity index (χ2n) is 5.18. The summed E-state index contributed by atoms with van der Waals surface area (Å²) in [6.07, 6.45) is 1.86. The van der Waals surface area contributed by atoms with Gasteiger partial charge in [-0.3, -0.25) is 0 Å². The molecule has 110 valence electrons. The molecule has 0 aliphatic carbocycles. The van der Waals surface area contributed by atoms with Crippen LogP contribution >= 0.6 is 11.3 Å². The summed E-state index contributed by atoms with van der Waals surface area (Å²) in [5.41, 5.74) is 0.807. The maximum absolute atomic E-state index is 10.7. The van der Waals surface area contributed by atoms with E-state index < -0.39 is 11.7 Å². The van der Waals surface area contributed by atoms with E-state index in [2.05, 4.69) is 43.5 Å². The summed E-state index contributed by atoms with van der Waals surface area (Å²) in [5, 5.41) is 14.1. The van der Waals surface area contributed by atoms with Gasteiger partial charge >= 0.3 is 0 Å². The van der Waals surface area contributed by atoms with Crippen molar-refractivity contribution >= 4 is 21.4 Å². The summed E-state index contributed by atoms with van der Waals surface area (Å²) in [6, 6.07) is 8.38. The Morgan fingerprint density at radius 1 is 1.20 bits per heavy atom. The standard InChI is InChI=1S/C17H24O2S/c1-4-17(5-2,19-6-3)16(18)11-13-12-20-15-10-8-7-9-14(13)15/h7-10,12,16,18H,4-6,11H2,1-3H3. The Labute approximate surface area is 125 Å². The number of ether oxygens (including phenoxy) is 1. The molecule has 20 heavy (non-hydrogen) atoms. The first kappa shape index (κ1) is 15.5. The van der Waals surface area contributed by atoms with Crippen molar-refractivity contribution in [1.82, 2.24) is 0 Å². The normalized spacial score (nSPS) is 13.8. The van der Waals surface area contributed by atoms with E-state index in [1.807, 2.05) is 6.92 Å². The van der Waals surface area contributed by atoms with Gasteiger partial charge < -0.3 is 9.84 Å². The van der Waals surface area contributed by atoms with E-state index in [1.165, 1.54) is 15.6 Å². The number of benzene rings is 1. The third-order valence-electron chi connectivity index (χ3n) is 4.21. The van der Waals surface area contributed by atoms with Crippen LogP contribution < -0.4 is 0 Å². The lowest BCUT2D eigenvalue weighted by molar-refractivity contribution is -0.124. The monoisotopic (exact) mass is 292 g/mol. The summed E-state index contributed by atoms with van der Waals surface area (Å²) in [4.78, 5) is 0. The minimum atomic E-state index is -0.463. The van der Waals surface area contributed by atoms with Gasteiger partial charge in [0.25, 0.3) is 0 Å². The molecule has 0 radical (unpaired) electrons. The highest BCUT2D eigenvalue weighted by molar-refractivity contribution is 7.17. The van der Waals surface area contributed by atoms with Gasteiger partial charge in [0.15, 0.2) is 0 Å². The Morgan fingerprint density at radius 2 is 1.90 bits per heavy atom. The SMILES string of the molecule is CCOC(CC)(CC)C(O)Cc1csc2ccccc12. The second kappa shape index (κ2) is 6.70. The largest absolute Gasteiger partial charge is 0.390 e. The third kappa shape index (κ3) is 2.90. The number of hydrogen-bond acceptors (Lipinski definition) is 3. The number of fused-ring (bicyclic) bond motifs is 1. The Balaban J connectivity index is 2.23. The lowest BCUT2D eigenvalue weighted by Crippen LogP contribution is -2.45. The molecule has 2 nitrogen and oxygen atoms in total. The summed E-state index contributed by atoms with van der Waals surface area (Å²) >= 11 is 1.74. The van der Waals surface area contributed by atoms with Crippen LogP contribution in [0.4, 0.5) is 0 Å². The Morgan fingerprint density at radius 3 is 2.55 bits per heavy atom. The molecule has 0 saturated carbocycles. The summed E-state index contributed by atoms with van der Waals surface area (Å²) in [6.45, 7) is 6.82. The van der Waals surface area contributed by atoms with Gasteiger partial charge in [-0.1, -0.05) is 32.0 Å². The minimum Gasteiger partial charge on any atom is -0.390 e. The molecule has 0 saturated heterocycles. The topological polar surface area (TPSA) is 29.5 Å². The molecule has 1 atom stereocenters. The highest BCUT2D eigenvalue weighted by Gasteiger charge is 2.35. The smallest absolute Gasteiger partial charge is 0.0938 e. The average Bonchev–Trinajstić information content (AvgIpc) is 2.88. The molecule has 1 unspecified atom stereocenters. The molecule has 0 fully saturated rings. The van der Waals surface area contributed by atoms with Crippen LogP contribution in [-0.4, -0.2) is 23.4 Å². The third-order valence-corrected chi connectivity index (χ3v) is 5.22. The van der Waals surface area contributed by atoms with Crippen LogP contribution in [0.25, 0.3) is 10.1 Å². The van der Waals surface area contributed by atoms with Crippen molar-refractivity contribution in [3.8, 4) is 0 Å². The van der Waals surface area contributed by atoms with E-state index in [0.717, 1.165) is 12.8 Å². The maximum atomic E-state index is 10.7. The number of rotatable bonds is 7. The summed E-state index contributed by atoms with van der Waals surface area (Å²) in [7, 11) is 0. The Kier molecular flexibility index (Phi) is 5.19. The highest BCUT2D eigenvalue weighted by atomic mass is 32.1. The number of aliphatic hydroxyl groups is 1. The predicted octanol–water partition coefficient (Wildman–Crippen LogP) is 4.40. The van der Waals surface area contributed by atoms with Gasteiger partial charge in [0.05, 0.1) is 11.7 Å². The van der Waals surface area contributed by atoms with Crippen molar-refractivity contribution in [2.75, 3.05) is 6.61 Å². The molecule has 1 aromatic heterocycles. The lowest BCUT2D eigenvalue weighted by atomic mass is 9.86. The van der Waals surface area contributed by atoms with Crippen molar-refractivity contribution in [3.63, 3.8) is 0 Å². The first-order valence-electron chi connectivity index (χ1n) is 7.44. The zero-order valence-corrected chi connectivity index (χ0v) is 13.4. The molecular weight excluding hydrogens is 268 g/mol. The van der Waals surface area contributed by atoms with Gasteiger partial charge in [-0.2, -0.15) is 0 Å². The molecule has 0 aliphatic heterocycles. The molecule has 0 aliphatic rings. The van der Waals surface area contributed by atoms with Crippen molar-refractivity contribution < 1.29 is 9.84 Å². The van der Waals surface area contributed by atoms with E-state index in [-0.39, 0.29) is 0 Å². The molecule has 1 heterocycles. The quantitative estimate of drug-likeness (QED) is 0.819. The predicted molar refractivity (Wildman–Crippen MR) is 86.5 cm³/mol. The molecule has 0 amide bonds. The van der Waals surface area contributed by atoms with Crippen molar-refractivity contribution in [1.29, 1.82) is 0 Å². The number of hydrogen-bond donors (Lipinski definition) is 1. The first-order valence-corrected chi connectivity index (χ1v) is 8.32. The molecule has 1 N–H and O–H groups in total. The fraction of sp³-hybridized carbons (Fsp3) is 0.529. The molecule has 3 heteroatoms. The number of thiophene rings is 1. The van der Waals surface area contributed by atoms with Gasteiger partial charge in [-0.25, -0.2) is 0 Å². The zero-order chi connectivity index (χ0) is 14.6. The number of aliphatic hydroxyl groups excluding tert-OH is 1. The van der Waals surface area contributed by atoms with Crippen LogP contribution in [-0.2, 0) is 11.2 Å². The summed E-state index contributed by atoms with van der Waals surface area (Å²) in [5.74, 6) is 0. The van der Waals surface area contributed by atoms with Gasteiger partial charge in [0.2, 0.25) is 0 Å². The van der Waals surface area contributed by atoms with E-state index in [0.29, 0.717) is 13.0 Å². The second-order valence-corrected chi connectivity index (χ2v) is 6.09. The fourth-order valence-corrected chi connectivity index (χ4v) is 3.87. The van der Waals surface area contributed by atoms with Crippen LogP contribution in [0.5, 0.6) is 0 Å². The first-order chi connectivity index (χ1) is 9.66. The molecule has 2 rings (SSSR count). The molecule has 2 aromatic rings.